The summed E-state index contributed by atoms with van der Waals surface area (Å²) in [5.41, 5.74) is 6.11. The van der Waals surface area contributed by atoms with Gasteiger partial charge in [0.1, 0.15) is 0 Å². The lowest BCUT2D eigenvalue weighted by atomic mass is 9.98. The molecular weight excluding hydrogens is 262 g/mol. The third-order valence-electron chi connectivity index (χ3n) is 3.88. The topological polar surface area (TPSA) is 46.3 Å². The minimum Gasteiger partial charge on any atom is -0.340 e. The second-order valence-electron chi connectivity index (χ2n) is 5.43. The molecule has 1 aliphatic heterocycles. The van der Waals surface area contributed by atoms with Crippen LogP contribution in [0.4, 0.5) is 8.78 Å². The fourth-order valence-electron chi connectivity index (χ4n) is 2.71. The molecule has 0 bridgehead atoms. The van der Waals surface area contributed by atoms with E-state index in [4.69, 9.17) is 5.73 Å². The van der Waals surface area contributed by atoms with Gasteiger partial charge in [-0.15, -0.1) is 0 Å². The Hall–Kier alpha value is -1.49. The summed E-state index contributed by atoms with van der Waals surface area (Å²) >= 11 is 0. The smallest absolute Gasteiger partial charge is 0.223 e. The molecule has 0 unspecified atom stereocenters. The van der Waals surface area contributed by atoms with E-state index in [2.05, 4.69) is 0 Å². The Balaban J connectivity index is 1.93. The lowest BCUT2D eigenvalue weighted by Gasteiger charge is -2.36. The number of nitrogens with two attached hydrogens (primary N) is 1. The molecule has 0 aromatic heterocycles. The van der Waals surface area contributed by atoms with E-state index in [1.165, 1.54) is 12.1 Å². The lowest BCUT2D eigenvalue weighted by Crippen LogP contribution is -2.48. The minimum absolute atomic E-state index is 0.0203. The van der Waals surface area contributed by atoms with Gasteiger partial charge in [-0.2, -0.15) is 0 Å². The maximum atomic E-state index is 13.5. The number of carbonyl (C=O) groups is 1. The summed E-state index contributed by atoms with van der Waals surface area (Å²) in [4.78, 5) is 13.9. The summed E-state index contributed by atoms with van der Waals surface area (Å²) in [6.07, 6.45) is 2.00. The van der Waals surface area contributed by atoms with Crippen molar-refractivity contribution in [2.75, 3.05) is 6.54 Å². The van der Waals surface area contributed by atoms with Crippen LogP contribution < -0.4 is 5.73 Å². The van der Waals surface area contributed by atoms with Gasteiger partial charge < -0.3 is 10.6 Å². The molecule has 0 radical (unpaired) electrons. The van der Waals surface area contributed by atoms with E-state index >= 15 is 0 Å². The first-order chi connectivity index (χ1) is 9.49. The number of nitrogens with zero attached hydrogens (tertiary/aromatic N) is 1. The van der Waals surface area contributed by atoms with Gasteiger partial charge in [0, 0.05) is 25.0 Å². The van der Waals surface area contributed by atoms with Crippen molar-refractivity contribution in [2.24, 2.45) is 5.73 Å². The predicted molar refractivity (Wildman–Crippen MR) is 73.1 cm³/mol. The molecule has 110 valence electrons. The Morgan fingerprint density at radius 2 is 2.20 bits per heavy atom. The standard InChI is InChI=1S/C15H20F2N2O/c1-10-9-12(18)7-8-19(10)14(20)6-5-11-3-2-4-13(16)15(11)17/h2-4,10,12H,5-9,18H2,1H3/t10-,12+/m0/s1. The van der Waals surface area contributed by atoms with Crippen LogP contribution >= 0.6 is 0 Å². The predicted octanol–water partition coefficient (Wildman–Crippen LogP) is 2.24. The molecule has 2 rings (SSSR count). The van der Waals surface area contributed by atoms with E-state index in [1.54, 1.807) is 4.90 Å². The first kappa shape index (κ1) is 14.9. The molecule has 1 amide bonds. The fourth-order valence-corrected chi connectivity index (χ4v) is 2.71. The average molecular weight is 282 g/mol. The van der Waals surface area contributed by atoms with Crippen LogP contribution in [-0.4, -0.2) is 29.4 Å². The van der Waals surface area contributed by atoms with E-state index in [0.29, 0.717) is 6.54 Å². The van der Waals surface area contributed by atoms with Gasteiger partial charge in [-0.1, -0.05) is 12.1 Å². The Bertz CT molecular complexity index is 493. The number of hydrogen-bond acceptors (Lipinski definition) is 2. The van der Waals surface area contributed by atoms with Gasteiger partial charge in [-0.05, 0) is 37.8 Å². The summed E-state index contributed by atoms with van der Waals surface area (Å²) < 4.78 is 26.6. The third kappa shape index (κ3) is 3.33. The van der Waals surface area contributed by atoms with Crippen molar-refractivity contribution in [3.8, 4) is 0 Å². The van der Waals surface area contributed by atoms with Crippen LogP contribution in [0.3, 0.4) is 0 Å². The fraction of sp³-hybridized carbons (Fsp3) is 0.533. The van der Waals surface area contributed by atoms with Crippen LogP contribution in [0.25, 0.3) is 0 Å². The largest absolute Gasteiger partial charge is 0.340 e. The summed E-state index contributed by atoms with van der Waals surface area (Å²) in [6.45, 7) is 2.62. The van der Waals surface area contributed by atoms with Crippen LogP contribution in [0.15, 0.2) is 18.2 Å². The maximum absolute atomic E-state index is 13.5. The molecule has 1 fully saturated rings. The van der Waals surface area contributed by atoms with E-state index in [1.807, 2.05) is 6.92 Å². The Labute approximate surface area is 117 Å². The van der Waals surface area contributed by atoms with Gasteiger partial charge in [0.2, 0.25) is 5.91 Å². The molecule has 1 heterocycles. The molecule has 1 aromatic rings. The number of rotatable bonds is 3. The van der Waals surface area contributed by atoms with Crippen molar-refractivity contribution in [2.45, 2.75) is 44.7 Å². The molecule has 0 spiro atoms. The number of piperidine rings is 1. The number of amides is 1. The Morgan fingerprint density at radius 1 is 1.45 bits per heavy atom. The SMILES string of the molecule is C[C@H]1C[C@H](N)CCN1C(=O)CCc1cccc(F)c1F. The monoisotopic (exact) mass is 282 g/mol. The van der Waals surface area contributed by atoms with Crippen molar-refractivity contribution in [3.63, 3.8) is 0 Å². The highest BCUT2D eigenvalue weighted by molar-refractivity contribution is 5.76. The van der Waals surface area contributed by atoms with Crippen molar-refractivity contribution in [1.29, 1.82) is 0 Å². The minimum atomic E-state index is -0.868. The van der Waals surface area contributed by atoms with Crippen molar-refractivity contribution in [1.82, 2.24) is 4.90 Å². The molecule has 0 aliphatic carbocycles. The van der Waals surface area contributed by atoms with Crippen LogP contribution in [0.1, 0.15) is 31.7 Å². The number of halogens is 2. The number of likely N-dealkylation sites (tertiary alicyclic amines) is 1. The first-order valence-corrected chi connectivity index (χ1v) is 6.97. The van der Waals surface area contributed by atoms with Gasteiger partial charge in [0.05, 0.1) is 0 Å². The normalized spacial score (nSPS) is 22.9. The van der Waals surface area contributed by atoms with E-state index in [9.17, 15) is 13.6 Å². The van der Waals surface area contributed by atoms with Crippen LogP contribution in [0.2, 0.25) is 0 Å². The third-order valence-corrected chi connectivity index (χ3v) is 3.88. The van der Waals surface area contributed by atoms with Crippen molar-refractivity contribution in [3.05, 3.63) is 35.4 Å². The summed E-state index contributed by atoms with van der Waals surface area (Å²) in [7, 11) is 0. The molecular formula is C15H20F2N2O. The molecule has 2 N–H and O–H groups in total. The summed E-state index contributed by atoms with van der Waals surface area (Å²) in [6, 6.07) is 4.31. The second-order valence-corrected chi connectivity index (χ2v) is 5.43. The number of carbonyl (C=O) groups excluding carboxylic acids is 1. The first-order valence-electron chi connectivity index (χ1n) is 6.97. The quantitative estimate of drug-likeness (QED) is 0.924. The lowest BCUT2D eigenvalue weighted by molar-refractivity contribution is -0.134. The second kappa shape index (κ2) is 6.31. The summed E-state index contributed by atoms with van der Waals surface area (Å²) in [5.74, 6) is -1.74. The van der Waals surface area contributed by atoms with Gasteiger partial charge in [-0.3, -0.25) is 4.79 Å². The molecule has 0 saturated carbocycles. The van der Waals surface area contributed by atoms with E-state index < -0.39 is 11.6 Å². The maximum Gasteiger partial charge on any atom is 0.223 e. The van der Waals surface area contributed by atoms with E-state index in [0.717, 1.165) is 18.9 Å². The molecule has 5 heteroatoms. The zero-order chi connectivity index (χ0) is 14.7. The highest BCUT2D eigenvalue weighted by Crippen LogP contribution is 2.19. The van der Waals surface area contributed by atoms with Gasteiger partial charge in [0.25, 0.3) is 0 Å². The molecule has 3 nitrogen and oxygen atoms in total. The molecule has 1 saturated heterocycles. The van der Waals surface area contributed by atoms with Crippen LogP contribution in [0.5, 0.6) is 0 Å². The van der Waals surface area contributed by atoms with Gasteiger partial charge >= 0.3 is 0 Å². The van der Waals surface area contributed by atoms with E-state index in [-0.39, 0.29) is 36.4 Å². The molecule has 1 aromatic carbocycles. The molecule has 20 heavy (non-hydrogen) atoms. The number of hydrogen-bond donors (Lipinski definition) is 1. The highest BCUT2D eigenvalue weighted by atomic mass is 19.2. The van der Waals surface area contributed by atoms with Gasteiger partial charge in [-0.25, -0.2) is 8.78 Å². The number of benzene rings is 1. The highest BCUT2D eigenvalue weighted by Gasteiger charge is 2.26. The van der Waals surface area contributed by atoms with Crippen molar-refractivity contribution < 1.29 is 13.6 Å². The van der Waals surface area contributed by atoms with Crippen LogP contribution in [-0.2, 0) is 11.2 Å². The van der Waals surface area contributed by atoms with Gasteiger partial charge in [0.15, 0.2) is 11.6 Å². The number of aryl methyl sites for hydroxylation is 1. The molecule has 1 aliphatic rings. The molecule has 2 atom stereocenters. The Morgan fingerprint density at radius 3 is 2.90 bits per heavy atom. The van der Waals surface area contributed by atoms with Crippen LogP contribution in [0, 0.1) is 11.6 Å². The Kier molecular flexibility index (Phi) is 4.70. The zero-order valence-corrected chi connectivity index (χ0v) is 11.6. The van der Waals surface area contributed by atoms with Crippen molar-refractivity contribution >= 4 is 5.91 Å². The average Bonchev–Trinajstić information content (AvgIpc) is 2.40. The summed E-state index contributed by atoms with van der Waals surface area (Å²) in [5, 5.41) is 0. The zero-order valence-electron chi connectivity index (χ0n) is 11.6.